The van der Waals surface area contributed by atoms with Gasteiger partial charge in [-0.1, -0.05) is 6.07 Å². The molecule has 0 aliphatic carbocycles. The number of aromatic nitrogens is 1. The summed E-state index contributed by atoms with van der Waals surface area (Å²) >= 11 is 0. The van der Waals surface area contributed by atoms with Crippen molar-refractivity contribution < 1.29 is 9.59 Å². The van der Waals surface area contributed by atoms with Crippen molar-refractivity contribution in [3.8, 4) is 0 Å². The zero-order chi connectivity index (χ0) is 18.5. The van der Waals surface area contributed by atoms with Crippen LogP contribution < -0.4 is 15.5 Å². The molecule has 26 heavy (non-hydrogen) atoms. The van der Waals surface area contributed by atoms with E-state index in [1.165, 1.54) is 0 Å². The molecule has 0 saturated carbocycles. The lowest BCUT2D eigenvalue weighted by atomic mass is 10.2. The van der Waals surface area contributed by atoms with Crippen molar-refractivity contribution in [2.75, 3.05) is 48.8 Å². The Kier molecular flexibility index (Phi) is 5.48. The van der Waals surface area contributed by atoms with Crippen LogP contribution in [0.5, 0.6) is 0 Å². The van der Waals surface area contributed by atoms with Gasteiger partial charge in [-0.3, -0.25) is 9.59 Å². The van der Waals surface area contributed by atoms with Crippen LogP contribution in [0, 0.1) is 6.92 Å². The second-order valence-corrected chi connectivity index (χ2v) is 6.41. The Morgan fingerprint density at radius 2 is 1.58 bits per heavy atom. The quantitative estimate of drug-likeness (QED) is 0.822. The standard InChI is InChI=1S/C19H23N5O2/c1-14-4-3-5-17(20-14)22-19(26)18(25)21-15-6-8-16(9-7-15)24-12-10-23(2)11-13-24/h3-9H,10-13H2,1-2H3,(H,21,25)(H,20,22,26). The summed E-state index contributed by atoms with van der Waals surface area (Å²) in [5.74, 6) is -1.11. The van der Waals surface area contributed by atoms with Gasteiger partial charge in [-0.15, -0.1) is 0 Å². The summed E-state index contributed by atoms with van der Waals surface area (Å²) in [6.45, 7) is 5.84. The predicted octanol–water partition coefficient (Wildman–Crippen LogP) is 1.72. The van der Waals surface area contributed by atoms with Crippen LogP contribution in [-0.4, -0.2) is 54.9 Å². The summed E-state index contributed by atoms with van der Waals surface area (Å²) in [6.07, 6.45) is 0. The van der Waals surface area contributed by atoms with Crippen LogP contribution in [0.2, 0.25) is 0 Å². The number of hydrogen-bond acceptors (Lipinski definition) is 5. The van der Waals surface area contributed by atoms with Crippen molar-refractivity contribution in [3.63, 3.8) is 0 Å². The van der Waals surface area contributed by atoms with E-state index in [1.54, 1.807) is 12.1 Å². The SMILES string of the molecule is Cc1cccc(NC(=O)C(=O)Nc2ccc(N3CCN(C)CC3)cc2)n1. The van der Waals surface area contributed by atoms with Gasteiger partial charge in [0.15, 0.2) is 0 Å². The van der Waals surface area contributed by atoms with Crippen molar-refractivity contribution in [3.05, 3.63) is 48.2 Å². The topological polar surface area (TPSA) is 77.6 Å². The minimum atomic E-state index is -0.744. The molecule has 1 aliphatic rings. The molecule has 0 unspecified atom stereocenters. The Labute approximate surface area is 153 Å². The Morgan fingerprint density at radius 3 is 2.23 bits per heavy atom. The summed E-state index contributed by atoms with van der Waals surface area (Å²) < 4.78 is 0. The van der Waals surface area contributed by atoms with Crippen LogP contribution in [0.15, 0.2) is 42.5 Å². The number of benzene rings is 1. The second-order valence-electron chi connectivity index (χ2n) is 6.41. The van der Waals surface area contributed by atoms with Crippen molar-refractivity contribution in [1.29, 1.82) is 0 Å². The number of anilines is 3. The zero-order valence-corrected chi connectivity index (χ0v) is 15.0. The fourth-order valence-electron chi connectivity index (χ4n) is 2.79. The molecule has 1 saturated heterocycles. The number of piperazine rings is 1. The second kappa shape index (κ2) is 7.97. The number of hydrogen-bond donors (Lipinski definition) is 2. The molecular formula is C19H23N5O2. The molecular weight excluding hydrogens is 330 g/mol. The molecule has 0 atom stereocenters. The van der Waals surface area contributed by atoms with Crippen molar-refractivity contribution in [2.24, 2.45) is 0 Å². The van der Waals surface area contributed by atoms with Gasteiger partial charge >= 0.3 is 11.8 Å². The lowest BCUT2D eigenvalue weighted by molar-refractivity contribution is -0.133. The number of carbonyl (C=O) groups is 2. The van der Waals surface area contributed by atoms with E-state index in [2.05, 4.69) is 32.5 Å². The van der Waals surface area contributed by atoms with E-state index in [0.717, 1.165) is 37.6 Å². The molecule has 136 valence electrons. The molecule has 1 aromatic carbocycles. The van der Waals surface area contributed by atoms with Gasteiger partial charge in [0.25, 0.3) is 0 Å². The van der Waals surface area contributed by atoms with Gasteiger partial charge in [-0.25, -0.2) is 4.98 Å². The van der Waals surface area contributed by atoms with Crippen molar-refractivity contribution >= 4 is 29.0 Å². The summed E-state index contributed by atoms with van der Waals surface area (Å²) in [4.78, 5) is 32.8. The maximum Gasteiger partial charge on any atom is 0.315 e. The Morgan fingerprint density at radius 1 is 0.923 bits per heavy atom. The van der Waals surface area contributed by atoms with E-state index in [4.69, 9.17) is 0 Å². The minimum absolute atomic E-state index is 0.357. The van der Waals surface area contributed by atoms with Gasteiger partial charge in [-0.2, -0.15) is 0 Å². The third kappa shape index (κ3) is 4.58. The first-order valence-corrected chi connectivity index (χ1v) is 8.61. The monoisotopic (exact) mass is 353 g/mol. The van der Waals surface area contributed by atoms with Crippen LogP contribution in [0.25, 0.3) is 0 Å². The Bertz CT molecular complexity index is 783. The van der Waals surface area contributed by atoms with Crippen LogP contribution >= 0.6 is 0 Å². The fraction of sp³-hybridized carbons (Fsp3) is 0.316. The number of aryl methyl sites for hydroxylation is 1. The molecule has 3 rings (SSSR count). The number of rotatable bonds is 3. The molecule has 2 N–H and O–H groups in total. The molecule has 2 amide bonds. The molecule has 2 aromatic rings. The number of pyridine rings is 1. The van der Waals surface area contributed by atoms with E-state index in [-0.39, 0.29) is 0 Å². The maximum atomic E-state index is 12.1. The summed E-state index contributed by atoms with van der Waals surface area (Å²) in [6, 6.07) is 12.8. The van der Waals surface area contributed by atoms with Crippen LogP contribution in [0.1, 0.15) is 5.69 Å². The molecule has 0 radical (unpaired) electrons. The summed E-state index contributed by atoms with van der Waals surface area (Å²) in [5, 5.41) is 5.10. The molecule has 0 spiro atoms. The van der Waals surface area contributed by atoms with Gasteiger partial charge in [0.05, 0.1) is 0 Å². The number of likely N-dealkylation sites (N-methyl/N-ethyl adjacent to an activating group) is 1. The lowest BCUT2D eigenvalue weighted by Gasteiger charge is -2.34. The zero-order valence-electron chi connectivity index (χ0n) is 15.0. The van der Waals surface area contributed by atoms with Crippen LogP contribution in [0.3, 0.4) is 0 Å². The average Bonchev–Trinajstić information content (AvgIpc) is 2.63. The van der Waals surface area contributed by atoms with Crippen LogP contribution in [-0.2, 0) is 9.59 Å². The average molecular weight is 353 g/mol. The molecule has 7 heteroatoms. The van der Waals surface area contributed by atoms with Crippen molar-refractivity contribution in [2.45, 2.75) is 6.92 Å². The number of carbonyl (C=O) groups excluding carboxylic acids is 2. The highest BCUT2D eigenvalue weighted by Gasteiger charge is 2.16. The van der Waals surface area contributed by atoms with Crippen LogP contribution in [0.4, 0.5) is 17.2 Å². The molecule has 1 fully saturated rings. The molecule has 0 bridgehead atoms. The molecule has 1 aliphatic heterocycles. The van der Waals surface area contributed by atoms with Gasteiger partial charge in [0, 0.05) is 43.2 Å². The molecule has 2 heterocycles. The van der Waals surface area contributed by atoms with E-state index >= 15 is 0 Å². The predicted molar refractivity (Wildman–Crippen MR) is 102 cm³/mol. The van der Waals surface area contributed by atoms with E-state index < -0.39 is 11.8 Å². The lowest BCUT2D eigenvalue weighted by Crippen LogP contribution is -2.44. The highest BCUT2D eigenvalue weighted by molar-refractivity contribution is 6.43. The normalized spacial score (nSPS) is 14.8. The number of amides is 2. The van der Waals surface area contributed by atoms with Gasteiger partial charge in [-0.05, 0) is 50.4 Å². The largest absolute Gasteiger partial charge is 0.369 e. The van der Waals surface area contributed by atoms with E-state index in [0.29, 0.717) is 11.5 Å². The summed E-state index contributed by atoms with van der Waals surface area (Å²) in [5.41, 5.74) is 2.47. The maximum absolute atomic E-state index is 12.1. The Balaban J connectivity index is 1.56. The molecule has 7 nitrogen and oxygen atoms in total. The highest BCUT2D eigenvalue weighted by atomic mass is 16.2. The third-order valence-corrected chi connectivity index (χ3v) is 4.33. The fourth-order valence-corrected chi connectivity index (χ4v) is 2.79. The van der Waals surface area contributed by atoms with E-state index in [9.17, 15) is 9.59 Å². The third-order valence-electron chi connectivity index (χ3n) is 4.33. The number of nitrogens with one attached hydrogen (secondary N) is 2. The van der Waals surface area contributed by atoms with Gasteiger partial charge in [0.1, 0.15) is 5.82 Å². The van der Waals surface area contributed by atoms with Gasteiger partial charge in [0.2, 0.25) is 0 Å². The van der Waals surface area contributed by atoms with Crippen molar-refractivity contribution in [1.82, 2.24) is 9.88 Å². The highest BCUT2D eigenvalue weighted by Crippen LogP contribution is 2.19. The first-order valence-electron chi connectivity index (χ1n) is 8.61. The molecule has 1 aromatic heterocycles. The van der Waals surface area contributed by atoms with E-state index in [1.807, 2.05) is 37.3 Å². The first kappa shape index (κ1) is 17.9. The number of nitrogens with zero attached hydrogens (tertiary/aromatic N) is 3. The smallest absolute Gasteiger partial charge is 0.315 e. The Hall–Kier alpha value is -2.93. The first-order chi connectivity index (χ1) is 12.5. The minimum Gasteiger partial charge on any atom is -0.369 e. The summed E-state index contributed by atoms with van der Waals surface area (Å²) in [7, 11) is 2.12. The van der Waals surface area contributed by atoms with Gasteiger partial charge < -0.3 is 20.4 Å².